The summed E-state index contributed by atoms with van der Waals surface area (Å²) in [6.07, 6.45) is 1.12. The maximum Gasteiger partial charge on any atom is 0.219 e. The highest BCUT2D eigenvalue weighted by molar-refractivity contribution is 5.80. The topological polar surface area (TPSA) is 60.0 Å². The van der Waals surface area contributed by atoms with E-state index in [1.54, 1.807) is 6.92 Å². The van der Waals surface area contributed by atoms with E-state index in [0.717, 1.165) is 58.2 Å². The van der Waals surface area contributed by atoms with Gasteiger partial charge in [-0.15, -0.1) is 0 Å². The average molecular weight is 402 g/mol. The third-order valence-corrected chi connectivity index (χ3v) is 5.32. The van der Waals surface area contributed by atoms with Crippen LogP contribution in [0.15, 0.2) is 29.3 Å². The van der Waals surface area contributed by atoms with Crippen LogP contribution in [0.5, 0.6) is 0 Å². The minimum absolute atomic E-state index is 0.174. The molecule has 6 nitrogen and oxygen atoms in total. The van der Waals surface area contributed by atoms with Crippen LogP contribution in [0.2, 0.25) is 0 Å². The molecule has 6 heteroatoms. The molecular formula is C23H39N5O. The van der Waals surface area contributed by atoms with Gasteiger partial charge in [-0.05, 0) is 37.3 Å². The number of nitrogens with zero attached hydrogens (tertiary/aromatic N) is 3. The average Bonchev–Trinajstić information content (AvgIpc) is 2.68. The molecule has 1 aliphatic rings. The van der Waals surface area contributed by atoms with Crippen molar-refractivity contribution in [3.63, 3.8) is 0 Å². The third kappa shape index (κ3) is 8.05. The molecule has 2 rings (SSSR count). The Morgan fingerprint density at radius 1 is 1.10 bits per heavy atom. The Morgan fingerprint density at radius 3 is 2.31 bits per heavy atom. The molecule has 0 aliphatic carbocycles. The van der Waals surface area contributed by atoms with Crippen LogP contribution in [-0.4, -0.2) is 67.5 Å². The van der Waals surface area contributed by atoms with Gasteiger partial charge in [0.15, 0.2) is 5.96 Å². The first-order valence-electron chi connectivity index (χ1n) is 11.0. The van der Waals surface area contributed by atoms with Crippen LogP contribution < -0.4 is 10.6 Å². The van der Waals surface area contributed by atoms with Gasteiger partial charge in [0, 0.05) is 46.2 Å². The highest BCUT2D eigenvalue weighted by Gasteiger charge is 2.18. The molecule has 0 aromatic heterocycles. The van der Waals surface area contributed by atoms with Gasteiger partial charge in [-0.1, -0.05) is 38.1 Å². The summed E-state index contributed by atoms with van der Waals surface area (Å²) in [5.74, 6) is 1.70. The third-order valence-electron chi connectivity index (χ3n) is 5.32. The van der Waals surface area contributed by atoms with Gasteiger partial charge in [0.1, 0.15) is 0 Å². The Bertz CT molecular complexity index is 648. The van der Waals surface area contributed by atoms with E-state index in [2.05, 4.69) is 67.5 Å². The molecule has 1 aromatic carbocycles. The molecule has 1 amide bonds. The predicted molar refractivity (Wildman–Crippen MR) is 121 cm³/mol. The van der Waals surface area contributed by atoms with Gasteiger partial charge in [-0.3, -0.25) is 14.7 Å². The highest BCUT2D eigenvalue weighted by atomic mass is 16.2. The Morgan fingerprint density at radius 2 is 1.76 bits per heavy atom. The standard InChI is InChI=1S/C23H39N5O/c1-6-24-23(25-11-12-27-13-15-28(16-14-27)20(5)29)26-19(4)22-9-7-21(8-10-22)17-18(2)3/h7-10,18-19H,6,11-17H2,1-5H3,(H2,24,25,26). The molecule has 0 spiro atoms. The van der Waals surface area contributed by atoms with Crippen molar-refractivity contribution in [2.75, 3.05) is 45.8 Å². The zero-order chi connectivity index (χ0) is 21.2. The molecule has 162 valence electrons. The first kappa shape index (κ1) is 23.2. The number of aliphatic imine (C=N–C) groups is 1. The van der Waals surface area contributed by atoms with Crippen LogP contribution in [0, 0.1) is 5.92 Å². The highest BCUT2D eigenvalue weighted by Crippen LogP contribution is 2.15. The summed E-state index contributed by atoms with van der Waals surface area (Å²) in [4.78, 5) is 20.5. The number of carbonyl (C=O) groups is 1. The molecule has 2 N–H and O–H groups in total. The van der Waals surface area contributed by atoms with Crippen molar-refractivity contribution >= 4 is 11.9 Å². The molecular weight excluding hydrogens is 362 g/mol. The molecule has 1 heterocycles. The summed E-state index contributed by atoms with van der Waals surface area (Å²) in [7, 11) is 0. The van der Waals surface area contributed by atoms with Crippen LogP contribution in [0.3, 0.4) is 0 Å². The van der Waals surface area contributed by atoms with Crippen molar-refractivity contribution < 1.29 is 4.79 Å². The summed E-state index contributed by atoms with van der Waals surface area (Å²) in [5.41, 5.74) is 2.66. The molecule has 1 atom stereocenters. The van der Waals surface area contributed by atoms with E-state index < -0.39 is 0 Å². The number of guanidine groups is 1. The minimum Gasteiger partial charge on any atom is -0.357 e. The maximum absolute atomic E-state index is 11.4. The van der Waals surface area contributed by atoms with Gasteiger partial charge in [0.05, 0.1) is 12.6 Å². The van der Waals surface area contributed by atoms with Crippen LogP contribution >= 0.6 is 0 Å². The maximum atomic E-state index is 11.4. The van der Waals surface area contributed by atoms with E-state index in [1.165, 1.54) is 11.1 Å². The summed E-state index contributed by atoms with van der Waals surface area (Å²) < 4.78 is 0. The molecule has 1 aromatic rings. The van der Waals surface area contributed by atoms with Crippen molar-refractivity contribution in [2.45, 2.75) is 47.1 Å². The van der Waals surface area contributed by atoms with Crippen LogP contribution in [0.25, 0.3) is 0 Å². The fourth-order valence-corrected chi connectivity index (χ4v) is 3.61. The van der Waals surface area contributed by atoms with E-state index in [9.17, 15) is 4.79 Å². The second-order valence-corrected chi connectivity index (χ2v) is 8.31. The SMILES string of the molecule is CCNC(=NCCN1CCN(C(C)=O)CC1)NC(C)c1ccc(CC(C)C)cc1. The number of benzene rings is 1. The normalized spacial score (nSPS) is 16.8. The quantitative estimate of drug-likeness (QED) is 0.519. The zero-order valence-electron chi connectivity index (χ0n) is 18.9. The second-order valence-electron chi connectivity index (χ2n) is 8.31. The van der Waals surface area contributed by atoms with Crippen molar-refractivity contribution in [3.05, 3.63) is 35.4 Å². The van der Waals surface area contributed by atoms with Crippen molar-refractivity contribution in [3.8, 4) is 0 Å². The molecule has 1 aliphatic heterocycles. The Balaban J connectivity index is 1.84. The Kier molecular flexibility index (Phi) is 9.45. The van der Waals surface area contributed by atoms with Crippen molar-refractivity contribution in [1.82, 2.24) is 20.4 Å². The van der Waals surface area contributed by atoms with E-state index in [-0.39, 0.29) is 11.9 Å². The lowest BCUT2D eigenvalue weighted by atomic mass is 10.00. The molecule has 1 fully saturated rings. The van der Waals surface area contributed by atoms with E-state index in [0.29, 0.717) is 5.92 Å². The molecule has 0 bridgehead atoms. The Hall–Kier alpha value is -2.08. The number of carbonyl (C=O) groups excluding carboxylic acids is 1. The number of piperazine rings is 1. The van der Waals surface area contributed by atoms with E-state index >= 15 is 0 Å². The van der Waals surface area contributed by atoms with Gasteiger partial charge in [0.2, 0.25) is 5.91 Å². The summed E-state index contributed by atoms with van der Waals surface area (Å²) >= 11 is 0. The van der Waals surface area contributed by atoms with Gasteiger partial charge >= 0.3 is 0 Å². The molecule has 29 heavy (non-hydrogen) atoms. The van der Waals surface area contributed by atoms with E-state index in [1.807, 2.05) is 4.90 Å². The predicted octanol–water partition coefficient (Wildman–Crippen LogP) is 2.67. The van der Waals surface area contributed by atoms with Crippen molar-refractivity contribution in [1.29, 1.82) is 0 Å². The van der Waals surface area contributed by atoms with E-state index in [4.69, 9.17) is 4.99 Å². The summed E-state index contributed by atoms with van der Waals surface area (Å²) in [5, 5.41) is 6.87. The Labute approximate surface area is 176 Å². The molecule has 0 saturated carbocycles. The number of hydrogen-bond acceptors (Lipinski definition) is 3. The molecule has 1 unspecified atom stereocenters. The van der Waals surface area contributed by atoms with Crippen LogP contribution in [0.1, 0.15) is 51.8 Å². The number of amides is 1. The van der Waals surface area contributed by atoms with Gasteiger partial charge in [0.25, 0.3) is 0 Å². The zero-order valence-corrected chi connectivity index (χ0v) is 18.9. The largest absolute Gasteiger partial charge is 0.357 e. The second kappa shape index (κ2) is 11.8. The smallest absolute Gasteiger partial charge is 0.219 e. The van der Waals surface area contributed by atoms with Gasteiger partial charge in [-0.2, -0.15) is 0 Å². The van der Waals surface area contributed by atoms with Crippen LogP contribution in [-0.2, 0) is 11.2 Å². The first-order valence-corrected chi connectivity index (χ1v) is 11.0. The monoisotopic (exact) mass is 401 g/mol. The number of nitrogens with one attached hydrogen (secondary N) is 2. The molecule has 1 saturated heterocycles. The lowest BCUT2D eigenvalue weighted by Gasteiger charge is -2.33. The number of hydrogen-bond donors (Lipinski definition) is 2. The number of rotatable bonds is 8. The fraction of sp³-hybridized carbons (Fsp3) is 0.652. The lowest BCUT2D eigenvalue weighted by molar-refractivity contribution is -0.130. The summed E-state index contributed by atoms with van der Waals surface area (Å²) in [6, 6.07) is 9.09. The van der Waals surface area contributed by atoms with Gasteiger partial charge in [-0.25, -0.2) is 0 Å². The van der Waals surface area contributed by atoms with Crippen molar-refractivity contribution in [2.24, 2.45) is 10.9 Å². The molecule has 0 radical (unpaired) electrons. The first-order chi connectivity index (χ1) is 13.9. The van der Waals surface area contributed by atoms with Gasteiger partial charge < -0.3 is 15.5 Å². The fourth-order valence-electron chi connectivity index (χ4n) is 3.61. The van der Waals surface area contributed by atoms with Crippen LogP contribution in [0.4, 0.5) is 0 Å². The minimum atomic E-state index is 0.174. The lowest BCUT2D eigenvalue weighted by Crippen LogP contribution is -2.48. The summed E-state index contributed by atoms with van der Waals surface area (Å²) in [6.45, 7) is 16.4.